The third-order valence-electron chi connectivity index (χ3n) is 3.36. The predicted molar refractivity (Wildman–Crippen MR) is 78.8 cm³/mol. The molecule has 2 aromatic carbocycles. The molecule has 4 heteroatoms. The molecule has 0 amide bonds. The van der Waals surface area contributed by atoms with Gasteiger partial charge in [0.15, 0.2) is 0 Å². The molecule has 2 N–H and O–H groups in total. The Kier molecular flexibility index (Phi) is 3.51. The first kappa shape index (κ1) is 13.2. The minimum atomic E-state index is -0.586. The molecule has 0 saturated carbocycles. The Labute approximate surface area is 119 Å². The van der Waals surface area contributed by atoms with Crippen LogP contribution in [0.15, 0.2) is 47.8 Å². The second kappa shape index (κ2) is 5.31. The zero-order valence-corrected chi connectivity index (χ0v) is 11.5. The second-order valence-electron chi connectivity index (χ2n) is 4.73. The van der Waals surface area contributed by atoms with Gasteiger partial charge in [-0.15, -0.1) is 11.3 Å². The summed E-state index contributed by atoms with van der Waals surface area (Å²) >= 11 is 1.65. The fraction of sp³-hybridized carbons (Fsp3) is 0.125. The molecule has 1 atom stereocenters. The fourth-order valence-corrected chi connectivity index (χ4v) is 3.32. The van der Waals surface area contributed by atoms with Crippen molar-refractivity contribution in [2.45, 2.75) is 12.5 Å². The van der Waals surface area contributed by atoms with Crippen LogP contribution in [0.25, 0.3) is 10.1 Å². The van der Waals surface area contributed by atoms with Crippen LogP contribution in [0.3, 0.4) is 0 Å². The lowest BCUT2D eigenvalue weighted by Gasteiger charge is -2.12. The molecule has 1 nitrogen and oxygen atoms in total. The van der Waals surface area contributed by atoms with Gasteiger partial charge in [-0.25, -0.2) is 8.78 Å². The summed E-state index contributed by atoms with van der Waals surface area (Å²) in [6, 6.07) is 11.1. The van der Waals surface area contributed by atoms with Crippen molar-refractivity contribution in [1.82, 2.24) is 0 Å². The molecule has 3 aromatic rings. The van der Waals surface area contributed by atoms with Crippen molar-refractivity contribution in [3.63, 3.8) is 0 Å². The van der Waals surface area contributed by atoms with Crippen molar-refractivity contribution in [1.29, 1.82) is 0 Å². The molecule has 102 valence electrons. The summed E-state index contributed by atoms with van der Waals surface area (Å²) in [6.07, 6.45) is 0.534. The Hall–Kier alpha value is -1.78. The summed E-state index contributed by atoms with van der Waals surface area (Å²) in [5, 5.41) is 3.20. The molecule has 20 heavy (non-hydrogen) atoms. The molecule has 0 spiro atoms. The number of benzene rings is 2. The molecular weight excluding hydrogens is 276 g/mol. The fourth-order valence-electron chi connectivity index (χ4n) is 2.34. The van der Waals surface area contributed by atoms with Crippen LogP contribution in [0.5, 0.6) is 0 Å². The van der Waals surface area contributed by atoms with Gasteiger partial charge in [-0.1, -0.05) is 24.3 Å². The Balaban J connectivity index is 1.90. The number of halogens is 2. The number of thiophene rings is 1. The van der Waals surface area contributed by atoms with Gasteiger partial charge in [0.2, 0.25) is 0 Å². The Morgan fingerprint density at radius 1 is 1.10 bits per heavy atom. The molecule has 0 aliphatic rings. The largest absolute Gasteiger partial charge is 0.324 e. The van der Waals surface area contributed by atoms with Crippen LogP contribution in [-0.4, -0.2) is 0 Å². The van der Waals surface area contributed by atoms with Crippen molar-refractivity contribution >= 4 is 21.4 Å². The topological polar surface area (TPSA) is 26.0 Å². The van der Waals surface area contributed by atoms with E-state index in [-0.39, 0.29) is 0 Å². The Morgan fingerprint density at radius 2 is 1.90 bits per heavy atom. The van der Waals surface area contributed by atoms with E-state index in [1.807, 2.05) is 29.6 Å². The molecule has 0 fully saturated rings. The number of hydrogen-bond acceptors (Lipinski definition) is 2. The minimum Gasteiger partial charge on any atom is -0.324 e. The molecule has 0 saturated heterocycles. The van der Waals surface area contributed by atoms with Crippen LogP contribution in [0.1, 0.15) is 17.2 Å². The van der Waals surface area contributed by atoms with E-state index in [1.54, 1.807) is 11.3 Å². The van der Waals surface area contributed by atoms with Crippen molar-refractivity contribution in [2.24, 2.45) is 5.73 Å². The van der Waals surface area contributed by atoms with Gasteiger partial charge in [-0.3, -0.25) is 0 Å². The van der Waals surface area contributed by atoms with Gasteiger partial charge in [0.25, 0.3) is 0 Å². The molecular formula is C16H13F2NS. The number of nitrogens with two attached hydrogens (primary N) is 1. The van der Waals surface area contributed by atoms with Crippen LogP contribution in [0, 0.1) is 11.6 Å². The van der Waals surface area contributed by atoms with Gasteiger partial charge in [-0.05, 0) is 34.9 Å². The third-order valence-corrected chi connectivity index (χ3v) is 4.38. The van der Waals surface area contributed by atoms with Crippen LogP contribution < -0.4 is 5.73 Å². The lowest BCUT2D eigenvalue weighted by Crippen LogP contribution is -2.15. The molecule has 0 radical (unpaired) electrons. The summed E-state index contributed by atoms with van der Waals surface area (Å²) < 4.78 is 27.8. The summed E-state index contributed by atoms with van der Waals surface area (Å²) in [6.45, 7) is 0. The lowest BCUT2D eigenvalue weighted by atomic mass is 9.99. The summed E-state index contributed by atoms with van der Waals surface area (Å²) in [5.74, 6) is -1.17. The highest BCUT2D eigenvalue weighted by molar-refractivity contribution is 7.17. The van der Waals surface area contributed by atoms with Gasteiger partial charge >= 0.3 is 0 Å². The first-order valence-corrected chi connectivity index (χ1v) is 7.19. The maximum atomic E-state index is 13.7. The number of rotatable bonds is 3. The van der Waals surface area contributed by atoms with Crippen LogP contribution >= 0.6 is 11.3 Å². The van der Waals surface area contributed by atoms with E-state index in [4.69, 9.17) is 5.73 Å². The summed E-state index contributed by atoms with van der Waals surface area (Å²) in [5.41, 5.74) is 7.52. The van der Waals surface area contributed by atoms with E-state index >= 15 is 0 Å². The van der Waals surface area contributed by atoms with Crippen molar-refractivity contribution in [3.8, 4) is 0 Å². The zero-order valence-electron chi connectivity index (χ0n) is 10.6. The van der Waals surface area contributed by atoms with E-state index in [2.05, 4.69) is 0 Å². The minimum absolute atomic E-state index is 0.349. The SMILES string of the molecule is NC(Cc1csc2ccccc12)c1ccc(F)cc1F. The highest BCUT2D eigenvalue weighted by Crippen LogP contribution is 2.29. The highest BCUT2D eigenvalue weighted by Gasteiger charge is 2.14. The molecule has 1 aromatic heterocycles. The quantitative estimate of drug-likeness (QED) is 0.758. The third kappa shape index (κ3) is 2.44. The Bertz CT molecular complexity index is 751. The Morgan fingerprint density at radius 3 is 2.70 bits per heavy atom. The van der Waals surface area contributed by atoms with E-state index in [0.717, 1.165) is 17.0 Å². The molecule has 1 heterocycles. The van der Waals surface area contributed by atoms with Gasteiger partial charge in [-0.2, -0.15) is 0 Å². The maximum Gasteiger partial charge on any atom is 0.130 e. The lowest BCUT2D eigenvalue weighted by molar-refractivity contribution is 0.554. The smallest absolute Gasteiger partial charge is 0.130 e. The average Bonchev–Trinajstić information content (AvgIpc) is 2.82. The normalized spacial score (nSPS) is 12.8. The summed E-state index contributed by atoms with van der Waals surface area (Å²) in [7, 11) is 0. The summed E-state index contributed by atoms with van der Waals surface area (Å²) in [4.78, 5) is 0. The average molecular weight is 289 g/mol. The van der Waals surface area contributed by atoms with Crippen molar-refractivity contribution in [3.05, 3.63) is 70.6 Å². The standard InChI is InChI=1S/C16H13F2NS/c17-11-5-6-13(14(18)8-11)15(19)7-10-9-20-16-4-2-1-3-12(10)16/h1-6,8-9,15H,7,19H2. The van der Waals surface area contributed by atoms with Crippen LogP contribution in [0.4, 0.5) is 8.78 Å². The zero-order chi connectivity index (χ0) is 14.1. The van der Waals surface area contributed by atoms with Crippen molar-refractivity contribution < 1.29 is 8.78 Å². The van der Waals surface area contributed by atoms with Gasteiger partial charge < -0.3 is 5.73 Å². The molecule has 3 rings (SSSR count). The van der Waals surface area contributed by atoms with Gasteiger partial charge in [0, 0.05) is 22.4 Å². The number of fused-ring (bicyclic) bond motifs is 1. The van der Waals surface area contributed by atoms with E-state index < -0.39 is 17.7 Å². The monoisotopic (exact) mass is 289 g/mol. The first-order chi connectivity index (χ1) is 9.65. The molecule has 1 unspecified atom stereocenters. The first-order valence-electron chi connectivity index (χ1n) is 6.31. The van der Waals surface area contributed by atoms with E-state index in [1.165, 1.54) is 16.8 Å². The van der Waals surface area contributed by atoms with E-state index in [9.17, 15) is 8.78 Å². The molecule has 0 aliphatic heterocycles. The highest BCUT2D eigenvalue weighted by atomic mass is 32.1. The predicted octanol–water partition coefficient (Wildman–Crippen LogP) is 4.42. The van der Waals surface area contributed by atoms with Crippen LogP contribution in [0.2, 0.25) is 0 Å². The van der Waals surface area contributed by atoms with Crippen molar-refractivity contribution in [2.75, 3.05) is 0 Å². The maximum absolute atomic E-state index is 13.7. The second-order valence-corrected chi connectivity index (χ2v) is 5.64. The van der Waals surface area contributed by atoms with Gasteiger partial charge in [0.05, 0.1) is 0 Å². The van der Waals surface area contributed by atoms with E-state index in [0.29, 0.717) is 12.0 Å². The van der Waals surface area contributed by atoms with Gasteiger partial charge in [0.1, 0.15) is 11.6 Å². The molecule has 0 bridgehead atoms. The number of hydrogen-bond donors (Lipinski definition) is 1. The van der Waals surface area contributed by atoms with Crippen LogP contribution in [-0.2, 0) is 6.42 Å². The molecule has 0 aliphatic carbocycles.